The highest BCUT2D eigenvalue weighted by atomic mass is 127. The summed E-state index contributed by atoms with van der Waals surface area (Å²) in [7, 11) is 0. The first-order valence-electron chi connectivity index (χ1n) is 3.73. The number of aliphatic hydroxyl groups excluding tert-OH is 1. The first-order valence-corrected chi connectivity index (χ1v) is 5.93. The summed E-state index contributed by atoms with van der Waals surface area (Å²) in [5.41, 5.74) is 0.499. The summed E-state index contributed by atoms with van der Waals surface area (Å²) in [6.45, 7) is -0.319. The third-order valence-corrected chi connectivity index (χ3v) is 3.20. The maximum atomic E-state index is 12.5. The van der Waals surface area contributed by atoms with E-state index in [0.717, 1.165) is 0 Å². The number of aromatic nitrogens is 1. The van der Waals surface area contributed by atoms with Gasteiger partial charge in [-0.2, -0.15) is 0 Å². The van der Waals surface area contributed by atoms with Crippen molar-refractivity contribution in [3.05, 3.63) is 26.6 Å². The molecule has 78 valence electrons. The first-order chi connectivity index (χ1) is 6.60. The van der Waals surface area contributed by atoms with E-state index < -0.39 is 6.43 Å². The molecule has 0 amide bonds. The van der Waals surface area contributed by atoms with E-state index in [0.29, 0.717) is 20.2 Å². The van der Waals surface area contributed by atoms with Gasteiger partial charge in [0.25, 0.3) is 6.43 Å². The topological polar surface area (TPSA) is 33.1 Å². The van der Waals surface area contributed by atoms with Crippen LogP contribution in [0.15, 0.2) is 6.07 Å². The van der Waals surface area contributed by atoms with E-state index in [9.17, 15) is 8.78 Å². The van der Waals surface area contributed by atoms with Gasteiger partial charge in [0.15, 0.2) is 0 Å². The minimum absolute atomic E-state index is 0.258. The number of pyridine rings is 1. The van der Waals surface area contributed by atoms with Gasteiger partial charge in [-0.15, -0.1) is 0 Å². The quantitative estimate of drug-likeness (QED) is 0.648. The molecular formula is C8H7BrF2INO. The normalized spacial score (nSPS) is 11.0. The molecule has 0 aliphatic heterocycles. The molecule has 1 aromatic heterocycles. The molecule has 6 heteroatoms. The summed E-state index contributed by atoms with van der Waals surface area (Å²) in [6.07, 6.45) is -2.61. The van der Waals surface area contributed by atoms with Crippen LogP contribution in [-0.2, 0) is 11.9 Å². The van der Waals surface area contributed by atoms with Crippen LogP contribution >= 0.6 is 38.5 Å². The fraction of sp³-hybridized carbons (Fsp3) is 0.375. The zero-order chi connectivity index (χ0) is 10.7. The van der Waals surface area contributed by atoms with Crippen LogP contribution in [0.5, 0.6) is 0 Å². The third-order valence-electron chi connectivity index (χ3n) is 1.66. The Morgan fingerprint density at radius 3 is 2.64 bits per heavy atom. The molecule has 1 rings (SSSR count). The molecule has 0 radical (unpaired) electrons. The van der Waals surface area contributed by atoms with Gasteiger partial charge in [-0.05, 0) is 34.2 Å². The van der Waals surface area contributed by atoms with E-state index in [-0.39, 0.29) is 12.3 Å². The SMILES string of the molecule is OCc1nc(C(F)F)c(CBr)cc1I. The van der Waals surface area contributed by atoms with Gasteiger partial charge < -0.3 is 5.11 Å². The monoisotopic (exact) mass is 377 g/mol. The zero-order valence-electron chi connectivity index (χ0n) is 6.98. The van der Waals surface area contributed by atoms with Crippen LogP contribution in [0.25, 0.3) is 0 Å². The van der Waals surface area contributed by atoms with E-state index in [1.54, 1.807) is 6.07 Å². The highest BCUT2D eigenvalue weighted by Crippen LogP contribution is 2.25. The van der Waals surface area contributed by atoms with E-state index >= 15 is 0 Å². The van der Waals surface area contributed by atoms with Crippen LogP contribution in [0.2, 0.25) is 0 Å². The highest BCUT2D eigenvalue weighted by molar-refractivity contribution is 14.1. The maximum Gasteiger partial charge on any atom is 0.280 e. The molecule has 0 unspecified atom stereocenters. The van der Waals surface area contributed by atoms with Crippen LogP contribution in [-0.4, -0.2) is 10.1 Å². The molecular weight excluding hydrogens is 371 g/mol. The van der Waals surface area contributed by atoms with Gasteiger partial charge in [-0.1, -0.05) is 15.9 Å². The molecule has 0 saturated carbocycles. The Morgan fingerprint density at radius 2 is 2.21 bits per heavy atom. The second-order valence-electron chi connectivity index (χ2n) is 2.55. The Labute approximate surface area is 102 Å². The largest absolute Gasteiger partial charge is 0.390 e. The summed E-state index contributed by atoms with van der Waals surface area (Å²) >= 11 is 5.08. The van der Waals surface area contributed by atoms with Crippen molar-refractivity contribution in [2.24, 2.45) is 0 Å². The van der Waals surface area contributed by atoms with Crippen molar-refractivity contribution in [3.63, 3.8) is 0 Å². The van der Waals surface area contributed by atoms with Crippen LogP contribution in [0, 0.1) is 3.57 Å². The lowest BCUT2D eigenvalue weighted by molar-refractivity contribution is 0.144. The van der Waals surface area contributed by atoms with Crippen molar-refractivity contribution in [2.75, 3.05) is 0 Å². The lowest BCUT2D eigenvalue weighted by Gasteiger charge is -2.09. The second kappa shape index (κ2) is 5.32. The number of halogens is 4. The average molecular weight is 378 g/mol. The van der Waals surface area contributed by atoms with Gasteiger partial charge >= 0.3 is 0 Å². The summed E-state index contributed by atoms with van der Waals surface area (Å²) in [4.78, 5) is 3.72. The molecule has 2 nitrogen and oxygen atoms in total. The van der Waals surface area contributed by atoms with Gasteiger partial charge in [0.2, 0.25) is 0 Å². The molecule has 14 heavy (non-hydrogen) atoms. The smallest absolute Gasteiger partial charge is 0.280 e. The van der Waals surface area contributed by atoms with Crippen LogP contribution < -0.4 is 0 Å². The predicted octanol–water partition coefficient (Wildman–Crippen LogP) is 3.01. The summed E-state index contributed by atoms with van der Waals surface area (Å²) < 4.78 is 25.7. The molecule has 0 fully saturated rings. The molecule has 1 heterocycles. The number of alkyl halides is 3. The first kappa shape index (κ1) is 12.3. The molecule has 0 atom stereocenters. The van der Waals surface area contributed by atoms with Crippen molar-refractivity contribution in [3.8, 4) is 0 Å². The Morgan fingerprint density at radius 1 is 1.57 bits per heavy atom. The van der Waals surface area contributed by atoms with Gasteiger partial charge in [0.1, 0.15) is 5.69 Å². The standard InChI is InChI=1S/C8H7BrF2INO/c9-2-4-1-5(12)6(3-14)13-7(4)8(10)11/h1,8,14H,2-3H2. The third kappa shape index (κ3) is 2.60. The van der Waals surface area contributed by atoms with E-state index in [4.69, 9.17) is 5.11 Å². The Kier molecular flexibility index (Phi) is 4.65. The Balaban J connectivity index is 3.25. The molecule has 1 aromatic rings. The molecule has 0 saturated heterocycles. The van der Waals surface area contributed by atoms with Crippen molar-refractivity contribution in [1.29, 1.82) is 0 Å². The molecule has 1 N–H and O–H groups in total. The molecule has 0 aliphatic rings. The van der Waals surface area contributed by atoms with Gasteiger partial charge in [0, 0.05) is 8.90 Å². The molecule has 0 spiro atoms. The summed E-state index contributed by atoms with van der Waals surface area (Å²) in [5.74, 6) is 0. The van der Waals surface area contributed by atoms with Crippen molar-refractivity contribution in [1.82, 2.24) is 4.98 Å². The van der Waals surface area contributed by atoms with Crippen LogP contribution in [0.3, 0.4) is 0 Å². The van der Waals surface area contributed by atoms with Crippen LogP contribution in [0.4, 0.5) is 8.78 Å². The fourth-order valence-corrected chi connectivity index (χ4v) is 2.10. The molecule has 0 aromatic carbocycles. The van der Waals surface area contributed by atoms with Crippen molar-refractivity contribution in [2.45, 2.75) is 18.4 Å². The molecule has 0 aliphatic carbocycles. The zero-order valence-corrected chi connectivity index (χ0v) is 10.7. The van der Waals surface area contributed by atoms with Crippen molar-refractivity contribution >= 4 is 38.5 Å². The summed E-state index contributed by atoms with van der Waals surface area (Å²) in [5, 5.41) is 9.20. The lowest BCUT2D eigenvalue weighted by atomic mass is 10.2. The number of nitrogens with zero attached hydrogens (tertiary/aromatic N) is 1. The van der Waals surface area contributed by atoms with Gasteiger partial charge in [0.05, 0.1) is 12.3 Å². The van der Waals surface area contributed by atoms with Gasteiger partial charge in [-0.3, -0.25) is 0 Å². The van der Waals surface area contributed by atoms with Crippen LogP contribution in [0.1, 0.15) is 23.4 Å². The van der Waals surface area contributed by atoms with E-state index in [1.807, 2.05) is 22.6 Å². The van der Waals surface area contributed by atoms with E-state index in [1.165, 1.54) is 0 Å². The van der Waals surface area contributed by atoms with Crippen molar-refractivity contribution < 1.29 is 13.9 Å². The second-order valence-corrected chi connectivity index (χ2v) is 4.28. The maximum absolute atomic E-state index is 12.5. The average Bonchev–Trinajstić information content (AvgIpc) is 2.16. The van der Waals surface area contributed by atoms with E-state index in [2.05, 4.69) is 20.9 Å². The minimum atomic E-state index is -2.61. The number of aliphatic hydroxyl groups is 1. The Hall–Kier alpha value is 0.180. The predicted molar refractivity (Wildman–Crippen MR) is 60.5 cm³/mol. The highest BCUT2D eigenvalue weighted by Gasteiger charge is 2.16. The minimum Gasteiger partial charge on any atom is -0.390 e. The number of hydrogen-bond donors (Lipinski definition) is 1. The molecule has 0 bridgehead atoms. The fourth-order valence-electron chi connectivity index (χ4n) is 0.988. The van der Waals surface area contributed by atoms with Gasteiger partial charge in [-0.25, -0.2) is 13.8 Å². The number of rotatable bonds is 3. The lowest BCUT2D eigenvalue weighted by Crippen LogP contribution is -2.03. The Bertz CT molecular complexity index is 335. The summed E-state index contributed by atoms with van der Waals surface area (Å²) in [6, 6.07) is 1.61. The number of hydrogen-bond acceptors (Lipinski definition) is 2.